The molecule has 0 atom stereocenters. The van der Waals surface area contributed by atoms with Crippen molar-refractivity contribution in [1.82, 2.24) is 0 Å². The Hall–Kier alpha value is -1.01. The van der Waals surface area contributed by atoms with Gasteiger partial charge in [-0.15, -0.1) is 0 Å². The number of halogens is 1. The zero-order valence-corrected chi connectivity index (χ0v) is 6.07. The average Bonchev–Trinajstić information content (AvgIpc) is 1.88. The Balaban J connectivity index is 3.70. The van der Waals surface area contributed by atoms with Crippen molar-refractivity contribution in [2.24, 2.45) is 0 Å². The third-order valence-corrected chi connectivity index (χ3v) is 0.707. The third kappa shape index (κ3) is 3.93. The van der Waals surface area contributed by atoms with E-state index < -0.39 is 11.2 Å². The van der Waals surface area contributed by atoms with Crippen molar-refractivity contribution >= 4 is 22.8 Å². The lowest BCUT2D eigenvalue weighted by molar-refractivity contribution is -0.145. The summed E-state index contributed by atoms with van der Waals surface area (Å²) in [6, 6.07) is 0. The van der Waals surface area contributed by atoms with Gasteiger partial charge in [-0.1, -0.05) is 12.8 Å². The van der Waals surface area contributed by atoms with Gasteiger partial charge in [-0.3, -0.25) is 4.79 Å². The Labute approximate surface area is 63.3 Å². The second kappa shape index (κ2) is 4.83. The van der Waals surface area contributed by atoms with E-state index in [1.54, 1.807) is 6.92 Å². The highest BCUT2D eigenvalue weighted by Crippen LogP contribution is 1.83. The van der Waals surface area contributed by atoms with Crippen LogP contribution in [0.2, 0.25) is 0 Å². The summed E-state index contributed by atoms with van der Waals surface area (Å²) in [6.07, 6.45) is 2.57. The maximum absolute atomic E-state index is 10.2. The van der Waals surface area contributed by atoms with Crippen LogP contribution in [0.1, 0.15) is 13.3 Å². The van der Waals surface area contributed by atoms with Gasteiger partial charge >= 0.3 is 11.2 Å². The Morgan fingerprint density at radius 1 is 1.60 bits per heavy atom. The highest BCUT2D eigenvalue weighted by molar-refractivity contribution is 6.80. The molecule has 0 bridgehead atoms. The summed E-state index contributed by atoms with van der Waals surface area (Å²) < 4.78 is 4.06. The monoisotopic (exact) mass is 160 g/mol. The van der Waals surface area contributed by atoms with Gasteiger partial charge < -0.3 is 4.74 Å². The highest BCUT2D eigenvalue weighted by Gasteiger charge is 2.09. The van der Waals surface area contributed by atoms with E-state index in [9.17, 15) is 9.59 Å². The number of hydrogen-bond acceptors (Lipinski definition) is 3. The van der Waals surface area contributed by atoms with E-state index in [0.29, 0.717) is 6.42 Å². The summed E-state index contributed by atoms with van der Waals surface area (Å²) in [5.41, 5.74) is 0. The fourth-order valence-electron chi connectivity index (χ4n) is 0.195. The molecule has 0 aromatic rings. The molecule has 0 aromatic carbocycles. The molecule has 0 aliphatic heterocycles. The molecular formula is C6H5ClO3. The van der Waals surface area contributed by atoms with E-state index in [2.05, 4.69) is 10.7 Å². The first-order chi connectivity index (χ1) is 4.68. The van der Waals surface area contributed by atoms with Crippen LogP contribution in [0.5, 0.6) is 0 Å². The van der Waals surface area contributed by atoms with E-state index >= 15 is 0 Å². The van der Waals surface area contributed by atoms with Crippen LogP contribution in [0.4, 0.5) is 0 Å². The molecular weight excluding hydrogens is 156 g/mol. The highest BCUT2D eigenvalue weighted by atomic mass is 35.5. The van der Waals surface area contributed by atoms with Crippen molar-refractivity contribution in [3.63, 3.8) is 0 Å². The zero-order chi connectivity index (χ0) is 7.98. The maximum atomic E-state index is 10.2. The van der Waals surface area contributed by atoms with Crippen molar-refractivity contribution in [1.29, 1.82) is 0 Å². The van der Waals surface area contributed by atoms with Crippen LogP contribution in [0.3, 0.4) is 0 Å². The minimum Gasteiger partial charge on any atom is -0.365 e. The van der Waals surface area contributed by atoms with E-state index in [-0.39, 0.29) is 0 Å². The fraction of sp³-hybridized carbons (Fsp3) is 0.333. The molecule has 0 radical (unpaired) electrons. The first-order valence-electron chi connectivity index (χ1n) is 2.57. The molecule has 54 valence electrons. The van der Waals surface area contributed by atoms with E-state index in [1.165, 1.54) is 0 Å². The molecule has 0 saturated heterocycles. The summed E-state index contributed by atoms with van der Waals surface area (Å²) in [6.45, 7) is 1.78. The third-order valence-electron chi connectivity index (χ3n) is 0.553. The molecule has 0 N–H and O–H groups in total. The molecule has 0 aliphatic rings. The predicted octanol–water partition coefficient (Wildman–Crippen LogP) is 0.666. The smallest absolute Gasteiger partial charge is 0.365 e. The summed E-state index contributed by atoms with van der Waals surface area (Å²) in [4.78, 5) is 20.2. The van der Waals surface area contributed by atoms with E-state index in [4.69, 9.17) is 11.6 Å². The van der Waals surface area contributed by atoms with Crippen molar-refractivity contribution < 1.29 is 14.3 Å². The molecule has 0 aromatic heterocycles. The summed E-state index contributed by atoms with van der Waals surface area (Å²) in [7, 11) is 0. The first kappa shape index (κ1) is 8.99. The van der Waals surface area contributed by atoms with Crippen molar-refractivity contribution in [3.05, 3.63) is 0 Å². The predicted molar refractivity (Wildman–Crippen MR) is 35.0 cm³/mol. The van der Waals surface area contributed by atoms with Gasteiger partial charge in [0.2, 0.25) is 0 Å². The minimum absolute atomic E-state index is 0.559. The molecule has 0 aliphatic carbocycles. The number of ether oxygens (including phenoxy) is 1. The van der Waals surface area contributed by atoms with Crippen LogP contribution in [0.25, 0.3) is 0 Å². The molecule has 4 heteroatoms. The minimum atomic E-state index is -1.16. The number of rotatable bonds is 1. The van der Waals surface area contributed by atoms with Gasteiger partial charge in [0.15, 0.2) is 0 Å². The molecule has 3 nitrogen and oxygen atoms in total. The van der Waals surface area contributed by atoms with Gasteiger partial charge in [-0.2, -0.15) is 0 Å². The summed E-state index contributed by atoms with van der Waals surface area (Å²) in [5, 5.41) is -1.16. The lowest BCUT2D eigenvalue weighted by atomic mass is 10.5. The van der Waals surface area contributed by atoms with Crippen molar-refractivity contribution in [3.8, 4) is 12.0 Å². The Bertz CT molecular complexity index is 199. The molecule has 0 amide bonds. The Kier molecular flexibility index (Phi) is 4.34. The molecule has 0 spiro atoms. The summed E-state index contributed by atoms with van der Waals surface area (Å²) >= 11 is 4.73. The summed E-state index contributed by atoms with van der Waals surface area (Å²) in [5.74, 6) is 1.29. The average molecular weight is 161 g/mol. The lowest BCUT2D eigenvalue weighted by Crippen LogP contribution is -2.07. The molecule has 10 heavy (non-hydrogen) atoms. The van der Waals surface area contributed by atoms with Gasteiger partial charge in [0.25, 0.3) is 0 Å². The quantitative estimate of drug-likeness (QED) is 0.245. The topological polar surface area (TPSA) is 43.4 Å². The number of carbonyl (C=O) groups excluding carboxylic acids is 2. The fourth-order valence-corrected chi connectivity index (χ4v) is 0.233. The first-order valence-corrected chi connectivity index (χ1v) is 2.94. The van der Waals surface area contributed by atoms with Crippen LogP contribution in [0, 0.1) is 12.0 Å². The number of esters is 1. The van der Waals surface area contributed by atoms with Gasteiger partial charge in [0.05, 0.1) is 0 Å². The van der Waals surface area contributed by atoms with Crippen LogP contribution >= 0.6 is 11.6 Å². The van der Waals surface area contributed by atoms with Gasteiger partial charge in [-0.05, 0) is 11.6 Å². The van der Waals surface area contributed by atoms with Crippen LogP contribution < -0.4 is 0 Å². The normalized spacial score (nSPS) is 7.40. The maximum Gasteiger partial charge on any atom is 0.405 e. The van der Waals surface area contributed by atoms with Gasteiger partial charge in [0, 0.05) is 6.42 Å². The number of carbonyl (C=O) groups is 2. The molecule has 0 saturated carbocycles. The second-order valence-corrected chi connectivity index (χ2v) is 1.64. The molecule has 0 rings (SSSR count). The zero-order valence-electron chi connectivity index (χ0n) is 5.31. The lowest BCUT2D eigenvalue weighted by Gasteiger charge is -1.84. The van der Waals surface area contributed by atoms with Crippen LogP contribution in [-0.4, -0.2) is 11.2 Å². The van der Waals surface area contributed by atoms with Crippen molar-refractivity contribution in [2.75, 3.05) is 0 Å². The largest absolute Gasteiger partial charge is 0.405 e. The Morgan fingerprint density at radius 2 is 2.20 bits per heavy atom. The Morgan fingerprint density at radius 3 is 2.60 bits per heavy atom. The molecule has 0 fully saturated rings. The second-order valence-electron chi connectivity index (χ2n) is 1.30. The number of hydrogen-bond donors (Lipinski definition) is 0. The van der Waals surface area contributed by atoms with Crippen LogP contribution in [0.15, 0.2) is 0 Å². The SMILES string of the molecule is CCC#COC(=O)C(=O)Cl. The van der Waals surface area contributed by atoms with Crippen LogP contribution in [-0.2, 0) is 14.3 Å². The van der Waals surface area contributed by atoms with E-state index in [1.807, 2.05) is 6.11 Å². The standard InChI is InChI=1S/C6H5ClO3/c1-2-3-4-10-6(9)5(7)8/h2H2,1H3. The van der Waals surface area contributed by atoms with Crippen molar-refractivity contribution in [2.45, 2.75) is 13.3 Å². The van der Waals surface area contributed by atoms with Gasteiger partial charge in [0.1, 0.15) is 6.11 Å². The molecule has 0 unspecified atom stereocenters. The van der Waals surface area contributed by atoms with Gasteiger partial charge in [-0.25, -0.2) is 4.79 Å². The van der Waals surface area contributed by atoms with E-state index in [0.717, 1.165) is 0 Å². The molecule has 0 heterocycles.